The zero-order valence-corrected chi connectivity index (χ0v) is 9.53. The summed E-state index contributed by atoms with van der Waals surface area (Å²) >= 11 is 0. The van der Waals surface area contributed by atoms with Crippen LogP contribution in [0, 0.1) is 5.92 Å². The molecule has 0 saturated carbocycles. The molecule has 4 nitrogen and oxygen atoms in total. The van der Waals surface area contributed by atoms with Crippen LogP contribution < -0.4 is 5.32 Å². The molecule has 0 aromatic rings. The normalized spacial score (nSPS) is 36.9. The standard InChI is InChI=1S/C11H20N2O2/c1-8-6-13(4-3-12-8)11(14)10-5-9(2)15-7-10/h8-10,12H,3-7H2,1-2H3/t8-,9?,10?/m0/s1. The number of ether oxygens (including phenoxy) is 1. The fourth-order valence-electron chi connectivity index (χ4n) is 2.38. The first-order valence-electron chi connectivity index (χ1n) is 5.80. The number of nitrogens with one attached hydrogen (secondary N) is 1. The minimum absolute atomic E-state index is 0.102. The van der Waals surface area contributed by atoms with Crippen molar-refractivity contribution in [2.24, 2.45) is 5.92 Å². The van der Waals surface area contributed by atoms with Crippen LogP contribution in [0.3, 0.4) is 0 Å². The Hall–Kier alpha value is -0.610. The summed E-state index contributed by atoms with van der Waals surface area (Å²) in [7, 11) is 0. The molecule has 1 amide bonds. The molecule has 0 bridgehead atoms. The molecule has 2 fully saturated rings. The summed E-state index contributed by atoms with van der Waals surface area (Å²) in [6.07, 6.45) is 1.14. The van der Waals surface area contributed by atoms with Gasteiger partial charge in [-0.3, -0.25) is 4.79 Å². The molecule has 2 heterocycles. The summed E-state index contributed by atoms with van der Waals surface area (Å²) < 4.78 is 5.44. The van der Waals surface area contributed by atoms with Crippen molar-refractivity contribution < 1.29 is 9.53 Å². The predicted molar refractivity (Wildman–Crippen MR) is 57.6 cm³/mol. The van der Waals surface area contributed by atoms with Gasteiger partial charge in [0.05, 0.1) is 18.6 Å². The lowest BCUT2D eigenvalue weighted by atomic mass is 10.0. The highest BCUT2D eigenvalue weighted by atomic mass is 16.5. The number of amides is 1. The van der Waals surface area contributed by atoms with Gasteiger partial charge >= 0.3 is 0 Å². The van der Waals surface area contributed by atoms with Crippen LogP contribution >= 0.6 is 0 Å². The lowest BCUT2D eigenvalue weighted by Gasteiger charge is -2.33. The maximum Gasteiger partial charge on any atom is 0.228 e. The van der Waals surface area contributed by atoms with Gasteiger partial charge in [0.15, 0.2) is 0 Å². The van der Waals surface area contributed by atoms with Crippen LogP contribution in [0.4, 0.5) is 0 Å². The molecule has 15 heavy (non-hydrogen) atoms. The van der Waals surface area contributed by atoms with Crippen molar-refractivity contribution in [3.05, 3.63) is 0 Å². The molecule has 0 spiro atoms. The first kappa shape index (κ1) is 10.9. The van der Waals surface area contributed by atoms with Gasteiger partial charge in [-0.2, -0.15) is 0 Å². The highest BCUT2D eigenvalue weighted by molar-refractivity contribution is 5.79. The van der Waals surface area contributed by atoms with E-state index in [0.29, 0.717) is 12.6 Å². The molecule has 86 valence electrons. The summed E-state index contributed by atoms with van der Waals surface area (Å²) in [5.74, 6) is 0.387. The van der Waals surface area contributed by atoms with Gasteiger partial charge in [0.1, 0.15) is 0 Å². The van der Waals surface area contributed by atoms with E-state index in [4.69, 9.17) is 4.74 Å². The van der Waals surface area contributed by atoms with Crippen LogP contribution in [0.15, 0.2) is 0 Å². The highest BCUT2D eigenvalue weighted by Gasteiger charge is 2.32. The Bertz CT molecular complexity index is 245. The Morgan fingerprint density at radius 1 is 1.47 bits per heavy atom. The molecule has 0 aliphatic carbocycles. The van der Waals surface area contributed by atoms with E-state index in [0.717, 1.165) is 26.1 Å². The fourth-order valence-corrected chi connectivity index (χ4v) is 2.38. The van der Waals surface area contributed by atoms with Crippen molar-refractivity contribution in [1.29, 1.82) is 0 Å². The first-order valence-corrected chi connectivity index (χ1v) is 5.80. The Labute approximate surface area is 91.0 Å². The van der Waals surface area contributed by atoms with E-state index in [1.54, 1.807) is 0 Å². The number of rotatable bonds is 1. The SMILES string of the molecule is CC1CC(C(=O)N2CCN[C@@H](C)C2)CO1. The summed E-state index contributed by atoms with van der Waals surface area (Å²) in [6, 6.07) is 0.419. The second-order valence-corrected chi connectivity index (χ2v) is 4.72. The smallest absolute Gasteiger partial charge is 0.228 e. The lowest BCUT2D eigenvalue weighted by Crippen LogP contribution is -2.52. The van der Waals surface area contributed by atoms with Crippen molar-refractivity contribution in [3.63, 3.8) is 0 Å². The van der Waals surface area contributed by atoms with E-state index in [9.17, 15) is 4.79 Å². The summed E-state index contributed by atoms with van der Waals surface area (Å²) in [6.45, 7) is 7.35. The van der Waals surface area contributed by atoms with Gasteiger partial charge in [-0.1, -0.05) is 0 Å². The van der Waals surface area contributed by atoms with E-state index < -0.39 is 0 Å². The average molecular weight is 212 g/mol. The van der Waals surface area contributed by atoms with Gasteiger partial charge in [0.2, 0.25) is 5.91 Å². The molecule has 4 heteroatoms. The van der Waals surface area contributed by atoms with Crippen LogP contribution in [0.25, 0.3) is 0 Å². The highest BCUT2D eigenvalue weighted by Crippen LogP contribution is 2.21. The molecule has 2 unspecified atom stereocenters. The zero-order valence-electron chi connectivity index (χ0n) is 9.53. The number of hydrogen-bond acceptors (Lipinski definition) is 3. The Morgan fingerprint density at radius 3 is 2.87 bits per heavy atom. The summed E-state index contributed by atoms with van der Waals surface area (Å²) in [4.78, 5) is 14.1. The van der Waals surface area contributed by atoms with Crippen molar-refractivity contribution >= 4 is 5.91 Å². The van der Waals surface area contributed by atoms with Crippen LogP contribution in [-0.2, 0) is 9.53 Å². The number of carbonyl (C=O) groups is 1. The van der Waals surface area contributed by atoms with Crippen LogP contribution in [0.5, 0.6) is 0 Å². The molecule has 2 rings (SSSR count). The molecule has 2 aliphatic rings. The lowest BCUT2D eigenvalue weighted by molar-refractivity contribution is -0.136. The van der Waals surface area contributed by atoms with Crippen molar-refractivity contribution in [2.45, 2.75) is 32.4 Å². The molecular weight excluding hydrogens is 192 g/mol. The second kappa shape index (κ2) is 4.49. The maximum absolute atomic E-state index is 12.1. The van der Waals surface area contributed by atoms with Crippen molar-refractivity contribution in [3.8, 4) is 0 Å². The van der Waals surface area contributed by atoms with E-state index in [-0.39, 0.29) is 17.9 Å². The summed E-state index contributed by atoms with van der Waals surface area (Å²) in [5, 5.41) is 3.34. The van der Waals surface area contributed by atoms with Crippen molar-refractivity contribution in [2.75, 3.05) is 26.2 Å². The fraction of sp³-hybridized carbons (Fsp3) is 0.909. The largest absolute Gasteiger partial charge is 0.378 e. The van der Waals surface area contributed by atoms with Crippen LogP contribution in [-0.4, -0.2) is 49.2 Å². The summed E-state index contributed by atoms with van der Waals surface area (Å²) in [5.41, 5.74) is 0. The van der Waals surface area contributed by atoms with Gasteiger partial charge in [0, 0.05) is 25.7 Å². The number of nitrogens with zero attached hydrogens (tertiary/aromatic N) is 1. The first-order chi connectivity index (χ1) is 7.16. The second-order valence-electron chi connectivity index (χ2n) is 4.72. The van der Waals surface area contributed by atoms with E-state index in [2.05, 4.69) is 12.2 Å². The predicted octanol–water partition coefficient (Wildman–Crippen LogP) is 0.232. The van der Waals surface area contributed by atoms with Gasteiger partial charge in [-0.25, -0.2) is 0 Å². The van der Waals surface area contributed by atoms with Gasteiger partial charge in [0.25, 0.3) is 0 Å². The number of carbonyl (C=O) groups excluding carboxylic acids is 1. The number of hydrogen-bond donors (Lipinski definition) is 1. The molecule has 2 saturated heterocycles. The molecule has 3 atom stereocenters. The van der Waals surface area contributed by atoms with E-state index in [1.807, 2.05) is 11.8 Å². The third kappa shape index (κ3) is 2.49. The molecule has 0 radical (unpaired) electrons. The minimum atomic E-state index is 0.102. The third-order valence-corrected chi connectivity index (χ3v) is 3.23. The molecular formula is C11H20N2O2. The van der Waals surface area contributed by atoms with E-state index in [1.165, 1.54) is 0 Å². The quantitative estimate of drug-likeness (QED) is 0.676. The minimum Gasteiger partial charge on any atom is -0.378 e. The van der Waals surface area contributed by atoms with Crippen LogP contribution in [0.1, 0.15) is 20.3 Å². The number of piperazine rings is 1. The van der Waals surface area contributed by atoms with Gasteiger partial charge < -0.3 is 15.0 Å². The van der Waals surface area contributed by atoms with E-state index >= 15 is 0 Å². The Kier molecular flexibility index (Phi) is 3.26. The third-order valence-electron chi connectivity index (χ3n) is 3.23. The maximum atomic E-state index is 12.1. The van der Waals surface area contributed by atoms with Crippen molar-refractivity contribution in [1.82, 2.24) is 10.2 Å². The van der Waals surface area contributed by atoms with Gasteiger partial charge in [-0.15, -0.1) is 0 Å². The topological polar surface area (TPSA) is 41.6 Å². The molecule has 0 aromatic carbocycles. The molecule has 1 N–H and O–H groups in total. The van der Waals surface area contributed by atoms with Gasteiger partial charge in [-0.05, 0) is 20.3 Å². The molecule has 0 aromatic heterocycles. The monoisotopic (exact) mass is 212 g/mol. The average Bonchev–Trinajstić information content (AvgIpc) is 2.64. The Balaban J connectivity index is 1.89. The molecule has 2 aliphatic heterocycles. The Morgan fingerprint density at radius 2 is 2.27 bits per heavy atom. The zero-order chi connectivity index (χ0) is 10.8. The van der Waals surface area contributed by atoms with Crippen LogP contribution in [0.2, 0.25) is 0 Å².